The quantitative estimate of drug-likeness (QED) is 0.336. The Morgan fingerprint density at radius 1 is 1.11 bits per heavy atom. The van der Waals surface area contributed by atoms with Gasteiger partial charge in [-0.3, -0.25) is 9.59 Å². The molecule has 28 heavy (non-hydrogen) atoms. The highest BCUT2D eigenvalue weighted by atomic mass is 16.5. The smallest absolute Gasteiger partial charge is 0.407 e. The molecule has 0 unspecified atom stereocenters. The topological polar surface area (TPSA) is 111 Å². The third-order valence-electron chi connectivity index (χ3n) is 4.14. The zero-order valence-electron chi connectivity index (χ0n) is 16.3. The van der Waals surface area contributed by atoms with Gasteiger partial charge in [-0.2, -0.15) is 0 Å². The van der Waals surface area contributed by atoms with Gasteiger partial charge in [0.2, 0.25) is 11.8 Å². The van der Waals surface area contributed by atoms with Crippen molar-refractivity contribution >= 4 is 17.9 Å². The lowest BCUT2D eigenvalue weighted by Gasteiger charge is -2.15. The van der Waals surface area contributed by atoms with Gasteiger partial charge in [0.1, 0.15) is 12.6 Å². The van der Waals surface area contributed by atoms with Crippen LogP contribution in [0.3, 0.4) is 0 Å². The summed E-state index contributed by atoms with van der Waals surface area (Å²) in [6, 6.07) is 8.83. The average molecular weight is 389 g/mol. The van der Waals surface area contributed by atoms with Crippen LogP contribution < -0.4 is 16.4 Å². The van der Waals surface area contributed by atoms with Crippen molar-refractivity contribution in [2.75, 3.05) is 6.54 Å². The molecule has 1 aromatic rings. The molecule has 1 atom stereocenters. The Balaban J connectivity index is 2.07. The Bertz CT molecular complexity index is 619. The molecule has 0 saturated heterocycles. The molecule has 0 spiro atoms. The van der Waals surface area contributed by atoms with Gasteiger partial charge in [0.05, 0.1) is 0 Å². The molecular weight excluding hydrogens is 358 g/mol. The zero-order valence-corrected chi connectivity index (χ0v) is 16.3. The van der Waals surface area contributed by atoms with Crippen molar-refractivity contribution in [1.82, 2.24) is 10.6 Å². The van der Waals surface area contributed by atoms with Gasteiger partial charge in [-0.15, -0.1) is 6.58 Å². The molecule has 0 bridgehead atoms. The van der Waals surface area contributed by atoms with Crippen LogP contribution in [0, 0.1) is 0 Å². The van der Waals surface area contributed by atoms with Gasteiger partial charge in [0, 0.05) is 13.0 Å². The maximum atomic E-state index is 11.9. The summed E-state index contributed by atoms with van der Waals surface area (Å²) >= 11 is 0. The van der Waals surface area contributed by atoms with Crippen molar-refractivity contribution in [2.45, 2.75) is 57.6 Å². The first-order valence-electron chi connectivity index (χ1n) is 9.67. The van der Waals surface area contributed by atoms with E-state index in [4.69, 9.17) is 10.5 Å². The number of allylic oxidation sites excluding steroid dienone is 1. The van der Waals surface area contributed by atoms with E-state index in [-0.39, 0.29) is 12.5 Å². The highest BCUT2D eigenvalue weighted by molar-refractivity contribution is 5.86. The molecule has 0 aliphatic rings. The van der Waals surface area contributed by atoms with Crippen molar-refractivity contribution in [2.24, 2.45) is 5.73 Å². The number of hydrogen-bond acceptors (Lipinski definition) is 4. The number of nitrogens with one attached hydrogen (secondary N) is 2. The molecule has 154 valence electrons. The van der Waals surface area contributed by atoms with Crippen LogP contribution in [0.15, 0.2) is 43.0 Å². The van der Waals surface area contributed by atoms with Gasteiger partial charge in [-0.1, -0.05) is 42.8 Å². The van der Waals surface area contributed by atoms with E-state index in [0.29, 0.717) is 25.8 Å². The zero-order chi connectivity index (χ0) is 20.6. The molecule has 4 N–H and O–H groups in total. The summed E-state index contributed by atoms with van der Waals surface area (Å²) in [7, 11) is 0. The second-order valence-corrected chi connectivity index (χ2v) is 6.54. The summed E-state index contributed by atoms with van der Waals surface area (Å²) in [5.41, 5.74) is 6.25. The Kier molecular flexibility index (Phi) is 11.8. The first-order valence-corrected chi connectivity index (χ1v) is 9.67. The normalized spacial score (nSPS) is 11.3. The maximum Gasteiger partial charge on any atom is 0.407 e. The Morgan fingerprint density at radius 3 is 2.54 bits per heavy atom. The predicted molar refractivity (Wildman–Crippen MR) is 108 cm³/mol. The second kappa shape index (κ2) is 14.3. The van der Waals surface area contributed by atoms with Crippen LogP contribution in [0.4, 0.5) is 4.79 Å². The van der Waals surface area contributed by atoms with E-state index in [1.165, 1.54) is 0 Å². The fourth-order valence-corrected chi connectivity index (χ4v) is 2.57. The van der Waals surface area contributed by atoms with E-state index in [1.54, 1.807) is 6.08 Å². The molecule has 0 aliphatic heterocycles. The molecule has 0 aromatic heterocycles. The first-order chi connectivity index (χ1) is 13.5. The van der Waals surface area contributed by atoms with Crippen LogP contribution in [0.5, 0.6) is 0 Å². The second-order valence-electron chi connectivity index (χ2n) is 6.54. The van der Waals surface area contributed by atoms with Gasteiger partial charge >= 0.3 is 6.09 Å². The minimum absolute atomic E-state index is 0.183. The lowest BCUT2D eigenvalue weighted by molar-refractivity contribution is -0.127. The number of benzene rings is 1. The fourth-order valence-electron chi connectivity index (χ4n) is 2.57. The van der Waals surface area contributed by atoms with Crippen molar-refractivity contribution in [1.29, 1.82) is 0 Å². The van der Waals surface area contributed by atoms with Gasteiger partial charge < -0.3 is 21.1 Å². The molecule has 0 fully saturated rings. The largest absolute Gasteiger partial charge is 0.445 e. The lowest BCUT2D eigenvalue weighted by Crippen LogP contribution is -2.44. The molecule has 0 aliphatic carbocycles. The molecule has 0 heterocycles. The highest BCUT2D eigenvalue weighted by Gasteiger charge is 2.16. The van der Waals surface area contributed by atoms with Crippen LogP contribution in [0.1, 0.15) is 50.5 Å². The van der Waals surface area contributed by atoms with Crippen LogP contribution in [0.2, 0.25) is 0 Å². The highest BCUT2D eigenvalue weighted by Crippen LogP contribution is 2.04. The molecular formula is C21H31N3O4. The molecule has 3 amide bonds. The average Bonchev–Trinajstić information content (AvgIpc) is 2.69. The van der Waals surface area contributed by atoms with Crippen molar-refractivity contribution < 1.29 is 19.1 Å². The SMILES string of the molecule is C=CCCC[C@@H](NC(=O)CCCCCNC(=O)OCc1ccccc1)C(N)=O. The minimum Gasteiger partial charge on any atom is -0.445 e. The molecule has 0 saturated carbocycles. The summed E-state index contributed by atoms with van der Waals surface area (Å²) in [5, 5.41) is 5.37. The molecule has 1 rings (SSSR count). The van der Waals surface area contributed by atoms with E-state index in [0.717, 1.165) is 31.2 Å². The molecule has 7 heteroatoms. The number of primary amides is 1. The van der Waals surface area contributed by atoms with Gasteiger partial charge in [-0.05, 0) is 37.7 Å². The summed E-state index contributed by atoms with van der Waals surface area (Å²) < 4.78 is 5.12. The number of carbonyl (C=O) groups is 3. The summed E-state index contributed by atoms with van der Waals surface area (Å²) in [6.07, 6.45) is 5.88. The van der Waals surface area contributed by atoms with Gasteiger partial charge in [0.15, 0.2) is 0 Å². The van der Waals surface area contributed by atoms with E-state index in [9.17, 15) is 14.4 Å². The van der Waals surface area contributed by atoms with E-state index in [2.05, 4.69) is 17.2 Å². The number of alkyl carbamates (subject to hydrolysis) is 1. The number of rotatable bonds is 14. The number of amides is 3. The van der Waals surface area contributed by atoms with Gasteiger partial charge in [-0.25, -0.2) is 4.79 Å². The monoisotopic (exact) mass is 389 g/mol. The number of hydrogen-bond donors (Lipinski definition) is 3. The number of unbranched alkanes of at least 4 members (excludes halogenated alkanes) is 3. The van der Waals surface area contributed by atoms with Crippen LogP contribution in [-0.4, -0.2) is 30.5 Å². The summed E-state index contributed by atoms with van der Waals surface area (Å²) in [4.78, 5) is 34.9. The van der Waals surface area contributed by atoms with Crippen LogP contribution in [-0.2, 0) is 20.9 Å². The third kappa shape index (κ3) is 11.0. The fraction of sp³-hybridized carbons (Fsp3) is 0.476. The Morgan fingerprint density at radius 2 is 1.86 bits per heavy atom. The summed E-state index contributed by atoms with van der Waals surface area (Å²) in [6.45, 7) is 4.35. The van der Waals surface area contributed by atoms with Crippen LogP contribution in [0.25, 0.3) is 0 Å². The summed E-state index contributed by atoms with van der Waals surface area (Å²) in [5.74, 6) is -0.701. The molecule has 1 aromatic carbocycles. The predicted octanol–water partition coefficient (Wildman–Crippen LogP) is 2.80. The van der Waals surface area contributed by atoms with Gasteiger partial charge in [0.25, 0.3) is 0 Å². The lowest BCUT2D eigenvalue weighted by atomic mass is 10.1. The van der Waals surface area contributed by atoms with Crippen LogP contribution >= 0.6 is 0 Å². The molecule has 0 radical (unpaired) electrons. The molecule has 7 nitrogen and oxygen atoms in total. The van der Waals surface area contributed by atoms with E-state index < -0.39 is 18.0 Å². The van der Waals surface area contributed by atoms with Crippen molar-refractivity contribution in [3.05, 3.63) is 48.6 Å². The standard InChI is InChI=1S/C21H31N3O4/c1-2-3-6-13-18(20(22)26)24-19(25)14-9-5-10-15-23-21(27)28-16-17-11-7-4-8-12-17/h2,4,7-8,11-12,18H,1,3,5-6,9-10,13-16H2,(H2,22,26)(H,23,27)(H,24,25)/t18-/m1/s1. The number of carbonyl (C=O) groups excluding carboxylic acids is 3. The third-order valence-corrected chi connectivity index (χ3v) is 4.14. The van der Waals surface area contributed by atoms with Crippen molar-refractivity contribution in [3.8, 4) is 0 Å². The van der Waals surface area contributed by atoms with E-state index in [1.807, 2.05) is 30.3 Å². The first kappa shape index (κ1) is 23.2. The number of ether oxygens (including phenoxy) is 1. The minimum atomic E-state index is -0.631. The van der Waals surface area contributed by atoms with Crippen molar-refractivity contribution in [3.63, 3.8) is 0 Å². The van der Waals surface area contributed by atoms with E-state index >= 15 is 0 Å². The Hall–Kier alpha value is -2.83. The maximum absolute atomic E-state index is 11.9. The Labute approximate surface area is 166 Å². The number of nitrogens with two attached hydrogens (primary N) is 1.